The van der Waals surface area contributed by atoms with E-state index in [1.165, 1.54) is 0 Å². The van der Waals surface area contributed by atoms with Crippen molar-refractivity contribution in [3.05, 3.63) is 30.1 Å². The lowest BCUT2D eigenvalue weighted by Gasteiger charge is -2.27. The van der Waals surface area contributed by atoms with Crippen LogP contribution in [0.3, 0.4) is 0 Å². The van der Waals surface area contributed by atoms with E-state index < -0.39 is 0 Å². The van der Waals surface area contributed by atoms with Gasteiger partial charge in [0.15, 0.2) is 0 Å². The molecule has 0 aliphatic carbocycles. The molecule has 1 aliphatic rings. The van der Waals surface area contributed by atoms with Gasteiger partial charge in [-0.2, -0.15) is 0 Å². The first-order chi connectivity index (χ1) is 8.34. The van der Waals surface area contributed by atoms with Gasteiger partial charge in [-0.1, -0.05) is 6.07 Å². The Labute approximate surface area is 106 Å². The van der Waals surface area contributed by atoms with Gasteiger partial charge in [0.05, 0.1) is 11.4 Å². The number of hydrogen-bond donors (Lipinski definition) is 2. The molecule has 0 radical (unpaired) electrons. The summed E-state index contributed by atoms with van der Waals surface area (Å²) in [5, 5.41) is 6.14. The lowest BCUT2D eigenvalue weighted by Crippen LogP contribution is -2.48. The number of carbonyl (C=O) groups is 1. The molecule has 1 aromatic rings. The molecular formula is C12H17N3OS. The third-order valence-corrected chi connectivity index (χ3v) is 3.63. The van der Waals surface area contributed by atoms with Crippen molar-refractivity contribution in [2.45, 2.75) is 5.75 Å². The summed E-state index contributed by atoms with van der Waals surface area (Å²) in [6.45, 7) is 2.86. The summed E-state index contributed by atoms with van der Waals surface area (Å²) in [7, 11) is 0. The highest BCUT2D eigenvalue weighted by Gasteiger charge is 2.16. The maximum atomic E-state index is 11.5. The number of carbonyl (C=O) groups excluding carboxylic acids is 1. The molecular weight excluding hydrogens is 234 g/mol. The van der Waals surface area contributed by atoms with Crippen LogP contribution in [0.2, 0.25) is 0 Å². The fraction of sp³-hybridized carbons (Fsp3) is 0.500. The summed E-state index contributed by atoms with van der Waals surface area (Å²) in [6, 6.07) is 5.84. The maximum absolute atomic E-state index is 11.5. The lowest BCUT2D eigenvalue weighted by molar-refractivity contribution is -0.118. The van der Waals surface area contributed by atoms with Gasteiger partial charge in [0.25, 0.3) is 0 Å². The molecule has 0 aromatic carbocycles. The van der Waals surface area contributed by atoms with E-state index in [4.69, 9.17) is 0 Å². The molecule has 1 aromatic heterocycles. The Morgan fingerprint density at radius 1 is 1.53 bits per heavy atom. The van der Waals surface area contributed by atoms with E-state index in [-0.39, 0.29) is 5.91 Å². The Bertz CT molecular complexity index is 354. The predicted molar refractivity (Wildman–Crippen MR) is 69.8 cm³/mol. The summed E-state index contributed by atoms with van der Waals surface area (Å²) in [4.78, 5) is 15.7. The summed E-state index contributed by atoms with van der Waals surface area (Å²) in [6.07, 6.45) is 1.78. The van der Waals surface area contributed by atoms with Crippen LogP contribution >= 0.6 is 11.8 Å². The van der Waals surface area contributed by atoms with Crippen molar-refractivity contribution in [1.82, 2.24) is 15.6 Å². The summed E-state index contributed by atoms with van der Waals surface area (Å²) < 4.78 is 0. The molecule has 2 rings (SSSR count). The molecule has 2 heterocycles. The maximum Gasteiger partial charge on any atom is 0.230 e. The quantitative estimate of drug-likeness (QED) is 0.779. The Kier molecular flexibility index (Phi) is 4.82. The molecule has 0 unspecified atom stereocenters. The van der Waals surface area contributed by atoms with Crippen LogP contribution < -0.4 is 10.6 Å². The fourth-order valence-corrected chi connectivity index (χ4v) is 2.30. The normalized spacial score (nSPS) is 15.3. The number of thioether (sulfide) groups is 1. The molecule has 1 amide bonds. The van der Waals surface area contributed by atoms with E-state index >= 15 is 0 Å². The molecule has 0 atom stereocenters. The highest BCUT2D eigenvalue weighted by Crippen LogP contribution is 2.09. The number of rotatable bonds is 6. The van der Waals surface area contributed by atoms with Crippen LogP contribution in [0.15, 0.2) is 24.4 Å². The van der Waals surface area contributed by atoms with E-state index in [2.05, 4.69) is 15.6 Å². The van der Waals surface area contributed by atoms with E-state index in [0.29, 0.717) is 11.7 Å². The second-order valence-corrected chi connectivity index (χ2v) is 5.13. The topological polar surface area (TPSA) is 54.0 Å². The van der Waals surface area contributed by atoms with Crippen LogP contribution in [-0.2, 0) is 10.5 Å². The van der Waals surface area contributed by atoms with Crippen LogP contribution in [0.4, 0.5) is 0 Å². The second-order valence-electron chi connectivity index (χ2n) is 4.14. The van der Waals surface area contributed by atoms with Crippen molar-refractivity contribution in [2.24, 2.45) is 5.92 Å². The third kappa shape index (κ3) is 4.36. The second kappa shape index (κ2) is 6.61. The van der Waals surface area contributed by atoms with Crippen LogP contribution in [-0.4, -0.2) is 36.3 Å². The SMILES string of the molecule is O=C(CSCc1ccccn1)NCC1CNC1. The third-order valence-electron chi connectivity index (χ3n) is 2.66. The van der Waals surface area contributed by atoms with E-state index in [9.17, 15) is 4.79 Å². The zero-order chi connectivity index (χ0) is 11.9. The molecule has 1 saturated heterocycles. The number of aromatic nitrogens is 1. The summed E-state index contributed by atoms with van der Waals surface area (Å²) >= 11 is 1.60. The molecule has 17 heavy (non-hydrogen) atoms. The minimum atomic E-state index is 0.123. The minimum absolute atomic E-state index is 0.123. The molecule has 1 fully saturated rings. The predicted octanol–water partition coefficient (Wildman–Crippen LogP) is 0.650. The Morgan fingerprint density at radius 3 is 3.06 bits per heavy atom. The molecule has 1 aliphatic heterocycles. The van der Waals surface area contributed by atoms with Gasteiger partial charge in [-0.15, -0.1) is 11.8 Å². The number of pyridine rings is 1. The number of amides is 1. The standard InChI is InChI=1S/C12H17N3OS/c16-12(15-7-10-5-13-6-10)9-17-8-11-3-1-2-4-14-11/h1-4,10,13H,5-9H2,(H,15,16). The van der Waals surface area contributed by atoms with Gasteiger partial charge in [-0.25, -0.2) is 0 Å². The van der Waals surface area contributed by atoms with Crippen LogP contribution in [0.1, 0.15) is 5.69 Å². The Morgan fingerprint density at radius 2 is 2.41 bits per heavy atom. The van der Waals surface area contributed by atoms with E-state index in [1.54, 1.807) is 18.0 Å². The Hall–Kier alpha value is -1.07. The zero-order valence-corrected chi connectivity index (χ0v) is 10.5. The van der Waals surface area contributed by atoms with Gasteiger partial charge in [0, 0.05) is 37.5 Å². The average Bonchev–Trinajstić information content (AvgIpc) is 2.28. The van der Waals surface area contributed by atoms with Crippen molar-refractivity contribution >= 4 is 17.7 Å². The van der Waals surface area contributed by atoms with Gasteiger partial charge in [0.2, 0.25) is 5.91 Å². The molecule has 2 N–H and O–H groups in total. The van der Waals surface area contributed by atoms with Gasteiger partial charge in [-0.3, -0.25) is 9.78 Å². The van der Waals surface area contributed by atoms with Gasteiger partial charge >= 0.3 is 0 Å². The van der Waals surface area contributed by atoms with Crippen LogP contribution in [0.25, 0.3) is 0 Å². The minimum Gasteiger partial charge on any atom is -0.355 e. The monoisotopic (exact) mass is 251 g/mol. The van der Waals surface area contributed by atoms with Crippen molar-refractivity contribution in [3.63, 3.8) is 0 Å². The lowest BCUT2D eigenvalue weighted by atomic mass is 10.0. The molecule has 0 spiro atoms. The molecule has 92 valence electrons. The smallest absolute Gasteiger partial charge is 0.230 e. The fourth-order valence-electron chi connectivity index (χ4n) is 1.53. The number of hydrogen-bond acceptors (Lipinski definition) is 4. The first-order valence-electron chi connectivity index (χ1n) is 5.79. The zero-order valence-electron chi connectivity index (χ0n) is 9.69. The molecule has 0 bridgehead atoms. The molecule has 4 nitrogen and oxygen atoms in total. The molecule has 5 heteroatoms. The number of nitrogens with zero attached hydrogens (tertiary/aromatic N) is 1. The van der Waals surface area contributed by atoms with Gasteiger partial charge in [0.1, 0.15) is 0 Å². The van der Waals surface area contributed by atoms with Gasteiger partial charge in [-0.05, 0) is 12.1 Å². The summed E-state index contributed by atoms with van der Waals surface area (Å²) in [5.74, 6) is 2.05. The first-order valence-corrected chi connectivity index (χ1v) is 6.95. The van der Waals surface area contributed by atoms with E-state index in [1.807, 2.05) is 18.2 Å². The largest absolute Gasteiger partial charge is 0.355 e. The van der Waals surface area contributed by atoms with Crippen LogP contribution in [0, 0.1) is 5.92 Å². The first kappa shape index (κ1) is 12.4. The van der Waals surface area contributed by atoms with Crippen molar-refractivity contribution in [2.75, 3.05) is 25.4 Å². The van der Waals surface area contributed by atoms with E-state index in [0.717, 1.165) is 31.1 Å². The Balaban J connectivity index is 1.56. The number of nitrogens with one attached hydrogen (secondary N) is 2. The van der Waals surface area contributed by atoms with Crippen molar-refractivity contribution in [1.29, 1.82) is 0 Å². The van der Waals surface area contributed by atoms with Gasteiger partial charge < -0.3 is 10.6 Å². The van der Waals surface area contributed by atoms with Crippen molar-refractivity contribution in [3.8, 4) is 0 Å². The van der Waals surface area contributed by atoms with Crippen molar-refractivity contribution < 1.29 is 4.79 Å². The van der Waals surface area contributed by atoms with Crippen LogP contribution in [0.5, 0.6) is 0 Å². The highest BCUT2D eigenvalue weighted by atomic mass is 32.2. The average molecular weight is 251 g/mol. The highest BCUT2D eigenvalue weighted by molar-refractivity contribution is 7.99. The molecule has 0 saturated carbocycles. The summed E-state index contributed by atoms with van der Waals surface area (Å²) in [5.41, 5.74) is 1.02.